The van der Waals surface area contributed by atoms with Gasteiger partial charge in [0, 0.05) is 7.11 Å². The van der Waals surface area contributed by atoms with Gasteiger partial charge in [0.25, 0.3) is 0 Å². The van der Waals surface area contributed by atoms with Crippen molar-refractivity contribution in [3.8, 4) is 0 Å². The van der Waals surface area contributed by atoms with Gasteiger partial charge in [-0.15, -0.1) is 0 Å². The first-order valence-electron chi connectivity index (χ1n) is 0.447. The predicted molar refractivity (Wildman–Crippen MR) is 19.3 cm³/mol. The Bertz CT molecular complexity index is 8.75. The van der Waals surface area contributed by atoms with Crippen LogP contribution in [0.2, 0.25) is 0 Å². The van der Waals surface area contributed by atoms with Gasteiger partial charge < -0.3 is 10.6 Å². The topological polar surface area (TPSA) is 51.7 Å². The van der Waals surface area contributed by atoms with Gasteiger partial charge in [0.05, 0.1) is 0 Å². The monoisotopic (exact) mass is 110 g/mol. The highest BCUT2D eigenvalue weighted by molar-refractivity contribution is 3.18. The minimum absolute atomic E-state index is 0. The molecular weight excluding hydrogens is 101 g/mol. The van der Waals surface area contributed by atoms with Crippen molar-refractivity contribution >= 4 is 0 Å². The van der Waals surface area contributed by atoms with E-state index < -0.39 is 0 Å². The van der Waals surface area contributed by atoms with E-state index in [1.165, 1.54) is 0 Å². The summed E-state index contributed by atoms with van der Waals surface area (Å²) >= 11 is 0. The molecule has 0 fully saturated rings. The summed E-state index contributed by atoms with van der Waals surface area (Å²) in [5.41, 5.74) is 0. The van der Waals surface area contributed by atoms with Crippen LogP contribution in [0.15, 0.2) is 0 Å². The van der Waals surface area contributed by atoms with E-state index in [1.807, 2.05) is 0 Å². The van der Waals surface area contributed by atoms with Crippen molar-refractivity contribution in [3.63, 3.8) is 0 Å². The molecule has 0 aromatic carbocycles. The molecule has 0 amide bonds. The predicted octanol–water partition coefficient (Wildman–Crippen LogP) is -0.759. The van der Waals surface area contributed by atoms with Crippen molar-refractivity contribution in [3.05, 3.63) is 0 Å². The van der Waals surface area contributed by atoms with Crippen molar-refractivity contribution < 1.29 is 24.7 Å². The molecule has 6 heavy (non-hydrogen) atoms. The summed E-state index contributed by atoms with van der Waals surface area (Å²) in [5, 5.41) is 7.00. The molecule has 3 N–H and O–H groups in total. The van der Waals surface area contributed by atoms with E-state index in [0.717, 1.165) is 7.11 Å². The van der Waals surface area contributed by atoms with Crippen molar-refractivity contribution in [2.45, 2.75) is 0 Å². The van der Waals surface area contributed by atoms with Crippen LogP contribution in [0.4, 0.5) is 14.1 Å². The minimum atomic E-state index is 0. The zero-order valence-corrected chi connectivity index (χ0v) is 3.17. The molecule has 0 saturated carbocycles. The van der Waals surface area contributed by atoms with Crippen LogP contribution < -0.4 is 0 Å². The average Bonchev–Trinajstić information content (AvgIpc) is 1.00. The van der Waals surface area contributed by atoms with Gasteiger partial charge in [-0.2, -0.15) is 0 Å². The fourth-order valence-corrected chi connectivity index (χ4v) is 0. The number of hydrogen-bond acceptors (Lipinski definition) is 1. The van der Waals surface area contributed by atoms with Crippen LogP contribution in [0.3, 0.4) is 0 Å². The summed E-state index contributed by atoms with van der Waals surface area (Å²) in [5.74, 6) is 0. The molecule has 0 unspecified atom stereocenters. The van der Waals surface area contributed by atoms with E-state index in [2.05, 4.69) is 0 Å². The van der Waals surface area contributed by atoms with Gasteiger partial charge in [-0.1, -0.05) is 0 Å². The third-order valence-electron chi connectivity index (χ3n) is 0. The van der Waals surface area contributed by atoms with Crippen LogP contribution in [0.25, 0.3) is 0 Å². The molecule has 46 valence electrons. The van der Waals surface area contributed by atoms with Crippen LogP contribution >= 0.6 is 0 Å². The molecule has 0 aliphatic rings. The zero-order valence-electron chi connectivity index (χ0n) is 3.17. The summed E-state index contributed by atoms with van der Waals surface area (Å²) in [6.45, 7) is 0. The fraction of sp³-hybridized carbons (Fsp3) is 1.00. The minimum Gasteiger partial charge on any atom is -0.412 e. The number of aliphatic hydroxyl groups excluding tert-OH is 1. The second-order valence-corrected chi connectivity index (χ2v) is 0. The summed E-state index contributed by atoms with van der Waals surface area (Å²) < 4.78 is 0. The molecule has 0 atom stereocenters. The summed E-state index contributed by atoms with van der Waals surface area (Å²) in [4.78, 5) is 0. The Morgan fingerprint density at radius 2 is 0.833 bits per heavy atom. The largest absolute Gasteiger partial charge is 0.412 e. The highest BCUT2D eigenvalue weighted by atomic mass is 19.0. The van der Waals surface area contributed by atoms with E-state index in [0.29, 0.717) is 0 Å². The third kappa shape index (κ3) is 324. The molecule has 2 nitrogen and oxygen atoms in total. The SMILES string of the molecule is CO.F.F.F.O. The Balaban J connectivity index is -0.000000000833. The molecule has 0 aromatic rings. The van der Waals surface area contributed by atoms with Gasteiger partial charge in [-0.3, -0.25) is 14.1 Å². The van der Waals surface area contributed by atoms with E-state index in [4.69, 9.17) is 5.11 Å². The summed E-state index contributed by atoms with van der Waals surface area (Å²) in [7, 11) is 1.00. The lowest BCUT2D eigenvalue weighted by Crippen LogP contribution is -1.25. The van der Waals surface area contributed by atoms with Crippen molar-refractivity contribution in [2.24, 2.45) is 0 Å². The maximum absolute atomic E-state index is 7.00. The molecular formula is CH9F3O2. The lowest BCUT2D eigenvalue weighted by Gasteiger charge is -1.21. The molecule has 0 aliphatic heterocycles. The highest BCUT2D eigenvalue weighted by Crippen LogP contribution is 0.755. The Hall–Kier alpha value is -0.290. The van der Waals surface area contributed by atoms with E-state index in [1.54, 1.807) is 0 Å². The van der Waals surface area contributed by atoms with E-state index in [-0.39, 0.29) is 19.6 Å². The molecule has 0 rings (SSSR count). The maximum Gasteiger partial charge on any atom is 0.0319 e. The Labute approximate surface area is 33.2 Å². The molecule has 0 saturated heterocycles. The second kappa shape index (κ2) is 771. The number of halogens is 3. The van der Waals surface area contributed by atoms with Gasteiger partial charge in [0.1, 0.15) is 0 Å². The Kier molecular flexibility index (Phi) is 32300. The maximum atomic E-state index is 7.00. The van der Waals surface area contributed by atoms with Gasteiger partial charge in [-0.05, 0) is 0 Å². The number of aliphatic hydroxyl groups is 1. The first-order chi connectivity index (χ1) is 1.00. The van der Waals surface area contributed by atoms with Gasteiger partial charge in [0.2, 0.25) is 0 Å². The summed E-state index contributed by atoms with van der Waals surface area (Å²) in [6.07, 6.45) is 0. The standard InChI is InChI=1S/CH4O.3FH.H2O/c1-2;;;;/h2H,1H3;3*1H;1H2. The molecule has 0 heterocycles. The molecule has 0 spiro atoms. The second-order valence-electron chi connectivity index (χ2n) is 0. The van der Waals surface area contributed by atoms with E-state index in [9.17, 15) is 0 Å². The van der Waals surface area contributed by atoms with Crippen LogP contribution in [-0.2, 0) is 0 Å². The Morgan fingerprint density at radius 1 is 0.833 bits per heavy atom. The number of rotatable bonds is 0. The Morgan fingerprint density at radius 3 is 0.833 bits per heavy atom. The van der Waals surface area contributed by atoms with E-state index >= 15 is 0 Å². The lowest BCUT2D eigenvalue weighted by molar-refractivity contribution is 0.399. The lowest BCUT2D eigenvalue weighted by atomic mass is 11.8. The molecule has 0 aromatic heterocycles. The molecule has 5 heteroatoms. The van der Waals surface area contributed by atoms with Crippen LogP contribution in [0, 0.1) is 0 Å². The van der Waals surface area contributed by atoms with Crippen LogP contribution in [0.1, 0.15) is 0 Å². The normalized spacial score (nSPS) is 1.00. The number of hydrogen-bond donors (Lipinski definition) is 1. The van der Waals surface area contributed by atoms with Crippen molar-refractivity contribution in [2.75, 3.05) is 7.11 Å². The van der Waals surface area contributed by atoms with Crippen LogP contribution in [-0.4, -0.2) is 17.7 Å². The van der Waals surface area contributed by atoms with Gasteiger partial charge >= 0.3 is 0 Å². The average molecular weight is 110 g/mol. The first kappa shape index (κ1) is 251. The third-order valence-corrected chi connectivity index (χ3v) is 0. The van der Waals surface area contributed by atoms with Crippen molar-refractivity contribution in [1.82, 2.24) is 0 Å². The van der Waals surface area contributed by atoms with Gasteiger partial charge in [0.15, 0.2) is 0 Å². The summed E-state index contributed by atoms with van der Waals surface area (Å²) in [6, 6.07) is 0. The van der Waals surface area contributed by atoms with Crippen molar-refractivity contribution in [1.29, 1.82) is 0 Å². The fourth-order valence-electron chi connectivity index (χ4n) is 0. The zero-order chi connectivity index (χ0) is 2.00. The van der Waals surface area contributed by atoms with Gasteiger partial charge in [-0.25, -0.2) is 0 Å². The molecule has 0 aliphatic carbocycles. The highest BCUT2D eigenvalue weighted by Gasteiger charge is 0.839. The molecule has 0 bridgehead atoms. The smallest absolute Gasteiger partial charge is 0.0319 e. The first-order valence-corrected chi connectivity index (χ1v) is 0.447. The molecule has 0 radical (unpaired) electrons. The quantitative estimate of drug-likeness (QED) is 0.438. The van der Waals surface area contributed by atoms with Crippen LogP contribution in [0.5, 0.6) is 0 Å².